The average molecular weight is 347 g/mol. The molecule has 0 amide bonds. The van der Waals surface area contributed by atoms with Crippen molar-refractivity contribution in [3.05, 3.63) is 42.0 Å². The molecule has 0 aliphatic rings. The van der Waals surface area contributed by atoms with Gasteiger partial charge in [0, 0.05) is 0 Å². The zero-order chi connectivity index (χ0) is 15.7. The van der Waals surface area contributed by atoms with E-state index < -0.39 is 19.9 Å². The average Bonchev–Trinajstić information content (AvgIpc) is 2.89. The van der Waals surface area contributed by atoms with Gasteiger partial charge in [-0.1, -0.05) is 12.1 Å². The van der Waals surface area contributed by atoms with Crippen molar-refractivity contribution < 1.29 is 21.6 Å². The van der Waals surface area contributed by atoms with Gasteiger partial charge in [-0.05, 0) is 29.8 Å². The van der Waals surface area contributed by atoms with Crippen LogP contribution in [0.25, 0.3) is 0 Å². The molecule has 0 saturated carbocycles. The lowest BCUT2D eigenvalue weighted by molar-refractivity contribution is 0.414. The summed E-state index contributed by atoms with van der Waals surface area (Å²) in [5.41, 5.74) is 0.585. The van der Waals surface area contributed by atoms with E-state index in [9.17, 15) is 16.8 Å². The van der Waals surface area contributed by atoms with Crippen LogP contribution in [-0.2, 0) is 25.6 Å². The summed E-state index contributed by atoms with van der Waals surface area (Å²) in [6.45, 7) is 0. The van der Waals surface area contributed by atoms with Crippen LogP contribution < -0.4 is 9.88 Å². The summed E-state index contributed by atoms with van der Waals surface area (Å²) < 4.78 is 51.6. The van der Waals surface area contributed by atoms with Crippen LogP contribution in [0.15, 0.2) is 44.8 Å². The Morgan fingerprint density at radius 2 is 1.57 bits per heavy atom. The molecule has 0 radical (unpaired) electrons. The Labute approximate surface area is 127 Å². The molecule has 9 heteroatoms. The Bertz CT molecular complexity index is 835. The molecule has 0 saturated heterocycles. The van der Waals surface area contributed by atoms with Crippen LogP contribution in [0.5, 0.6) is 5.75 Å². The molecule has 0 bridgehead atoms. The fourth-order valence-corrected chi connectivity index (χ4v) is 5.26. The minimum Gasteiger partial charge on any atom is -0.497 e. The first-order valence-corrected chi connectivity index (χ1v) is 9.72. The molecule has 6 nitrogen and oxygen atoms in total. The molecule has 0 aliphatic heterocycles. The molecule has 2 aromatic rings. The standard InChI is InChI=1S/C12H13NO5S3/c1-18-10-4-2-9(3-5-10)8-20(14,15)11-6-7-12(19-11)21(13,16)17/h2-7H,8H2,1H3,(H2,13,16,17). The van der Waals surface area contributed by atoms with E-state index in [0.29, 0.717) is 22.6 Å². The molecule has 2 rings (SSSR count). The van der Waals surface area contributed by atoms with E-state index in [-0.39, 0.29) is 14.2 Å². The van der Waals surface area contributed by atoms with Gasteiger partial charge in [-0.25, -0.2) is 22.0 Å². The van der Waals surface area contributed by atoms with Crippen molar-refractivity contribution >= 4 is 31.2 Å². The van der Waals surface area contributed by atoms with Crippen LogP contribution >= 0.6 is 11.3 Å². The van der Waals surface area contributed by atoms with Gasteiger partial charge >= 0.3 is 0 Å². The van der Waals surface area contributed by atoms with Crippen LogP contribution in [0.3, 0.4) is 0 Å². The van der Waals surface area contributed by atoms with Crippen molar-refractivity contribution in [3.63, 3.8) is 0 Å². The molecular weight excluding hydrogens is 334 g/mol. The maximum atomic E-state index is 12.2. The smallest absolute Gasteiger partial charge is 0.247 e. The second-order valence-electron chi connectivity index (χ2n) is 4.23. The lowest BCUT2D eigenvalue weighted by atomic mass is 10.2. The molecule has 0 fully saturated rings. The largest absolute Gasteiger partial charge is 0.497 e. The first kappa shape index (κ1) is 16.0. The van der Waals surface area contributed by atoms with E-state index in [1.54, 1.807) is 24.3 Å². The van der Waals surface area contributed by atoms with E-state index >= 15 is 0 Å². The number of thiophene rings is 1. The Kier molecular flexibility index (Phi) is 4.38. The third kappa shape index (κ3) is 3.82. The number of benzene rings is 1. The molecule has 0 spiro atoms. The predicted molar refractivity (Wildman–Crippen MR) is 79.6 cm³/mol. The van der Waals surface area contributed by atoms with E-state index in [1.807, 2.05) is 0 Å². The third-order valence-corrected chi connectivity index (χ3v) is 7.45. The monoisotopic (exact) mass is 347 g/mol. The summed E-state index contributed by atoms with van der Waals surface area (Å²) in [5, 5.41) is 4.97. The number of ether oxygens (including phenoxy) is 1. The van der Waals surface area contributed by atoms with Gasteiger partial charge in [0.15, 0.2) is 9.84 Å². The Morgan fingerprint density at radius 1 is 1.00 bits per heavy atom. The normalized spacial score (nSPS) is 12.3. The number of hydrogen-bond donors (Lipinski definition) is 1. The highest BCUT2D eigenvalue weighted by Crippen LogP contribution is 2.27. The topological polar surface area (TPSA) is 104 Å². The number of primary sulfonamides is 1. The van der Waals surface area contributed by atoms with E-state index in [0.717, 1.165) is 0 Å². The zero-order valence-electron chi connectivity index (χ0n) is 11.0. The van der Waals surface area contributed by atoms with Gasteiger partial charge in [0.1, 0.15) is 14.2 Å². The third-order valence-electron chi connectivity index (χ3n) is 2.66. The number of hydrogen-bond acceptors (Lipinski definition) is 6. The number of rotatable bonds is 5. The lowest BCUT2D eigenvalue weighted by Crippen LogP contribution is -2.10. The molecule has 1 aromatic heterocycles. The van der Waals surface area contributed by atoms with Gasteiger partial charge in [-0.3, -0.25) is 0 Å². The molecule has 0 atom stereocenters. The van der Waals surface area contributed by atoms with Gasteiger partial charge in [-0.15, -0.1) is 11.3 Å². The second kappa shape index (κ2) is 5.76. The first-order chi connectivity index (χ1) is 9.72. The maximum Gasteiger partial charge on any atom is 0.247 e. The van der Waals surface area contributed by atoms with Crippen molar-refractivity contribution in [2.24, 2.45) is 5.14 Å². The molecule has 114 valence electrons. The Morgan fingerprint density at radius 3 is 2.05 bits per heavy atom. The maximum absolute atomic E-state index is 12.2. The Balaban J connectivity index is 2.27. The highest BCUT2D eigenvalue weighted by Gasteiger charge is 2.21. The highest BCUT2D eigenvalue weighted by atomic mass is 32.3. The van der Waals surface area contributed by atoms with Crippen molar-refractivity contribution in [1.29, 1.82) is 0 Å². The molecule has 0 aliphatic carbocycles. The van der Waals surface area contributed by atoms with Crippen LogP contribution in [0, 0.1) is 0 Å². The minimum atomic E-state index is -3.89. The molecule has 1 aromatic carbocycles. The summed E-state index contributed by atoms with van der Waals surface area (Å²) >= 11 is 0.648. The minimum absolute atomic E-state index is 0.0256. The van der Waals surface area contributed by atoms with Crippen LogP contribution in [0.4, 0.5) is 0 Å². The van der Waals surface area contributed by atoms with Gasteiger partial charge in [0.25, 0.3) is 0 Å². The number of methoxy groups -OCH3 is 1. The molecule has 2 N–H and O–H groups in total. The quantitative estimate of drug-likeness (QED) is 0.880. The van der Waals surface area contributed by atoms with Gasteiger partial charge in [-0.2, -0.15) is 0 Å². The van der Waals surface area contributed by atoms with Crippen LogP contribution in [-0.4, -0.2) is 23.9 Å². The summed E-state index contributed by atoms with van der Waals surface area (Å²) in [6.07, 6.45) is 0. The van der Waals surface area contributed by atoms with Gasteiger partial charge in [0.05, 0.1) is 12.9 Å². The fraction of sp³-hybridized carbons (Fsp3) is 0.167. The Hall–Kier alpha value is -1.42. The molecule has 1 heterocycles. The van der Waals surface area contributed by atoms with Crippen molar-refractivity contribution in [2.75, 3.05) is 7.11 Å². The predicted octanol–water partition coefficient (Wildman–Crippen LogP) is 1.38. The summed E-state index contributed by atoms with van der Waals surface area (Å²) in [4.78, 5) is 0. The number of sulfonamides is 1. The fourth-order valence-electron chi connectivity index (χ4n) is 1.64. The number of nitrogens with two attached hydrogens (primary N) is 1. The number of sulfone groups is 1. The van der Waals surface area contributed by atoms with Gasteiger partial charge < -0.3 is 4.74 Å². The molecule has 21 heavy (non-hydrogen) atoms. The van der Waals surface area contributed by atoms with Gasteiger partial charge in [0.2, 0.25) is 10.0 Å². The van der Waals surface area contributed by atoms with Crippen molar-refractivity contribution in [2.45, 2.75) is 14.2 Å². The van der Waals surface area contributed by atoms with Crippen LogP contribution in [0.1, 0.15) is 5.56 Å². The lowest BCUT2D eigenvalue weighted by Gasteiger charge is -2.04. The van der Waals surface area contributed by atoms with E-state index in [4.69, 9.17) is 9.88 Å². The SMILES string of the molecule is COc1ccc(CS(=O)(=O)c2ccc(S(N)(=O)=O)s2)cc1. The van der Waals surface area contributed by atoms with E-state index in [2.05, 4.69) is 0 Å². The van der Waals surface area contributed by atoms with E-state index in [1.165, 1.54) is 19.2 Å². The van der Waals surface area contributed by atoms with Crippen molar-refractivity contribution in [3.8, 4) is 5.75 Å². The molecule has 0 unspecified atom stereocenters. The second-order valence-corrected chi connectivity index (χ2v) is 9.31. The zero-order valence-corrected chi connectivity index (χ0v) is 13.5. The summed E-state index contributed by atoms with van der Waals surface area (Å²) in [5.74, 6) is 0.408. The summed E-state index contributed by atoms with van der Waals surface area (Å²) in [7, 11) is -5.98. The first-order valence-electron chi connectivity index (χ1n) is 5.71. The highest BCUT2D eigenvalue weighted by molar-refractivity contribution is 7.94. The van der Waals surface area contributed by atoms with Crippen LogP contribution in [0.2, 0.25) is 0 Å². The van der Waals surface area contributed by atoms with Crippen molar-refractivity contribution in [1.82, 2.24) is 0 Å². The molecular formula is C12H13NO5S3. The summed E-state index contributed by atoms with van der Waals surface area (Å²) in [6, 6.07) is 9.06.